The Kier molecular flexibility index (Phi) is 2.67. The molecule has 4 rings (SSSR count). The van der Waals surface area contributed by atoms with Crippen LogP contribution in [-0.4, -0.2) is 19.9 Å². The van der Waals surface area contributed by atoms with E-state index in [0.29, 0.717) is 11.8 Å². The van der Waals surface area contributed by atoms with E-state index in [4.69, 9.17) is 4.74 Å². The average Bonchev–Trinajstić information content (AvgIpc) is 2.56. The largest absolute Gasteiger partial charge is 0.419 e. The Morgan fingerprint density at radius 1 is 0.571 bits per heavy atom. The van der Waals surface area contributed by atoms with Gasteiger partial charge in [0.1, 0.15) is 12.7 Å². The molecule has 0 aliphatic rings. The van der Waals surface area contributed by atoms with Crippen LogP contribution in [0.2, 0.25) is 0 Å². The average molecular weight is 274 g/mol. The summed E-state index contributed by atoms with van der Waals surface area (Å²) in [5.41, 5.74) is 1.67. The van der Waals surface area contributed by atoms with Gasteiger partial charge in [-0.25, -0.2) is 19.9 Å². The van der Waals surface area contributed by atoms with Gasteiger partial charge in [0.05, 0.1) is 21.8 Å². The maximum absolute atomic E-state index is 5.90. The lowest BCUT2D eigenvalue weighted by Gasteiger charge is -2.08. The maximum atomic E-state index is 5.90. The zero-order valence-corrected chi connectivity index (χ0v) is 11.0. The van der Waals surface area contributed by atoms with Gasteiger partial charge in [-0.05, 0) is 24.3 Å². The van der Waals surface area contributed by atoms with Gasteiger partial charge in [0.25, 0.3) is 0 Å². The number of hydrogen-bond acceptors (Lipinski definition) is 5. The molecular formula is C16H10N4O. The molecule has 0 radical (unpaired) electrons. The topological polar surface area (TPSA) is 60.8 Å². The van der Waals surface area contributed by atoms with Crippen LogP contribution in [0.1, 0.15) is 0 Å². The van der Waals surface area contributed by atoms with Crippen molar-refractivity contribution in [2.24, 2.45) is 0 Å². The lowest BCUT2D eigenvalue weighted by molar-refractivity contribution is 0.454. The Bertz CT molecular complexity index is 851. The third-order valence-electron chi connectivity index (χ3n) is 3.21. The van der Waals surface area contributed by atoms with Gasteiger partial charge in [0, 0.05) is 0 Å². The summed E-state index contributed by atoms with van der Waals surface area (Å²) < 4.78 is 5.90. The van der Waals surface area contributed by atoms with E-state index in [9.17, 15) is 0 Å². The Morgan fingerprint density at radius 2 is 1.05 bits per heavy atom. The van der Waals surface area contributed by atoms with Crippen LogP contribution in [0.3, 0.4) is 0 Å². The predicted molar refractivity (Wildman–Crippen MR) is 79.2 cm³/mol. The van der Waals surface area contributed by atoms with E-state index < -0.39 is 0 Å². The van der Waals surface area contributed by atoms with Gasteiger partial charge in [-0.3, -0.25) is 0 Å². The number of nitrogens with zero attached hydrogens (tertiary/aromatic N) is 4. The fraction of sp³-hybridized carbons (Fsp3) is 0. The van der Waals surface area contributed by atoms with Crippen molar-refractivity contribution in [3.05, 3.63) is 61.2 Å². The van der Waals surface area contributed by atoms with Crippen LogP contribution in [0.25, 0.3) is 21.8 Å². The van der Waals surface area contributed by atoms with Gasteiger partial charge in [-0.2, -0.15) is 0 Å². The molecule has 0 atom stereocenters. The third-order valence-corrected chi connectivity index (χ3v) is 3.21. The van der Waals surface area contributed by atoms with E-state index in [0.717, 1.165) is 21.8 Å². The number of rotatable bonds is 2. The van der Waals surface area contributed by atoms with E-state index in [-0.39, 0.29) is 0 Å². The molecule has 0 saturated carbocycles. The second-order valence-electron chi connectivity index (χ2n) is 4.49. The fourth-order valence-electron chi connectivity index (χ4n) is 2.21. The van der Waals surface area contributed by atoms with Gasteiger partial charge < -0.3 is 4.74 Å². The maximum Gasteiger partial charge on any atom is 0.232 e. The molecule has 0 spiro atoms. The van der Waals surface area contributed by atoms with Crippen molar-refractivity contribution in [1.82, 2.24) is 19.9 Å². The van der Waals surface area contributed by atoms with E-state index in [1.807, 2.05) is 48.5 Å². The standard InChI is InChI=1S/C16H10N4O/c1-3-7-13-11(5-1)15(19-9-17-13)21-16-12-6-2-4-8-14(12)18-10-20-16/h1-10H. The molecule has 0 saturated heterocycles. The Hall–Kier alpha value is -3.08. The molecule has 100 valence electrons. The monoisotopic (exact) mass is 274 g/mol. The number of ether oxygens (including phenoxy) is 1. The van der Waals surface area contributed by atoms with E-state index >= 15 is 0 Å². The Labute approximate surface area is 120 Å². The number of para-hydroxylation sites is 2. The van der Waals surface area contributed by atoms with Gasteiger partial charge >= 0.3 is 0 Å². The minimum Gasteiger partial charge on any atom is -0.419 e. The van der Waals surface area contributed by atoms with Crippen LogP contribution in [0.4, 0.5) is 0 Å². The van der Waals surface area contributed by atoms with E-state index in [2.05, 4.69) is 19.9 Å². The summed E-state index contributed by atoms with van der Waals surface area (Å²) in [6.07, 6.45) is 2.97. The molecule has 21 heavy (non-hydrogen) atoms. The molecule has 4 aromatic rings. The van der Waals surface area contributed by atoms with Crippen molar-refractivity contribution in [3.8, 4) is 11.8 Å². The molecule has 2 aromatic carbocycles. The van der Waals surface area contributed by atoms with E-state index in [1.54, 1.807) is 0 Å². The van der Waals surface area contributed by atoms with Crippen molar-refractivity contribution in [2.75, 3.05) is 0 Å². The molecule has 0 aliphatic heterocycles. The number of hydrogen-bond donors (Lipinski definition) is 0. The number of benzene rings is 2. The third kappa shape index (κ3) is 2.04. The van der Waals surface area contributed by atoms with Crippen LogP contribution in [0, 0.1) is 0 Å². The van der Waals surface area contributed by atoms with Crippen LogP contribution >= 0.6 is 0 Å². The quantitative estimate of drug-likeness (QED) is 0.561. The second kappa shape index (κ2) is 4.79. The molecule has 0 fully saturated rings. The predicted octanol–water partition coefficient (Wildman–Crippen LogP) is 3.37. The summed E-state index contributed by atoms with van der Waals surface area (Å²) in [6, 6.07) is 15.4. The summed E-state index contributed by atoms with van der Waals surface area (Å²) in [7, 11) is 0. The Morgan fingerprint density at radius 3 is 1.57 bits per heavy atom. The molecule has 5 nitrogen and oxygen atoms in total. The van der Waals surface area contributed by atoms with Crippen molar-refractivity contribution < 1.29 is 4.74 Å². The summed E-state index contributed by atoms with van der Waals surface area (Å²) >= 11 is 0. The van der Waals surface area contributed by atoms with Crippen LogP contribution < -0.4 is 4.74 Å². The SMILES string of the molecule is c1ccc2c(Oc3ncnc4ccccc34)ncnc2c1. The minimum atomic E-state index is 0.490. The first-order valence-electron chi connectivity index (χ1n) is 6.49. The van der Waals surface area contributed by atoms with Crippen LogP contribution in [0.5, 0.6) is 11.8 Å². The van der Waals surface area contributed by atoms with E-state index in [1.165, 1.54) is 12.7 Å². The Balaban J connectivity index is 1.87. The van der Waals surface area contributed by atoms with Crippen molar-refractivity contribution in [1.29, 1.82) is 0 Å². The lowest BCUT2D eigenvalue weighted by Crippen LogP contribution is -1.94. The normalized spacial score (nSPS) is 10.9. The minimum absolute atomic E-state index is 0.490. The smallest absolute Gasteiger partial charge is 0.232 e. The first kappa shape index (κ1) is 11.7. The van der Waals surface area contributed by atoms with Gasteiger partial charge in [-0.1, -0.05) is 24.3 Å². The highest BCUT2D eigenvalue weighted by atomic mass is 16.5. The zero-order chi connectivity index (χ0) is 14.1. The molecule has 0 N–H and O–H groups in total. The molecule has 5 heteroatoms. The van der Waals surface area contributed by atoms with Crippen molar-refractivity contribution in [2.45, 2.75) is 0 Å². The van der Waals surface area contributed by atoms with Crippen molar-refractivity contribution >= 4 is 21.8 Å². The first-order chi connectivity index (χ1) is 10.4. The number of aromatic nitrogens is 4. The van der Waals surface area contributed by atoms with Gasteiger partial charge in [-0.15, -0.1) is 0 Å². The first-order valence-corrected chi connectivity index (χ1v) is 6.49. The van der Waals surface area contributed by atoms with Crippen molar-refractivity contribution in [3.63, 3.8) is 0 Å². The second-order valence-corrected chi connectivity index (χ2v) is 4.49. The number of fused-ring (bicyclic) bond motifs is 2. The molecule has 2 heterocycles. The van der Waals surface area contributed by atoms with Crippen LogP contribution in [0.15, 0.2) is 61.2 Å². The molecule has 0 bridgehead atoms. The highest BCUT2D eigenvalue weighted by Gasteiger charge is 2.09. The van der Waals surface area contributed by atoms with Gasteiger partial charge in [0.15, 0.2) is 0 Å². The summed E-state index contributed by atoms with van der Waals surface area (Å²) in [6.45, 7) is 0. The molecule has 0 aliphatic carbocycles. The zero-order valence-electron chi connectivity index (χ0n) is 11.0. The fourth-order valence-corrected chi connectivity index (χ4v) is 2.21. The molecule has 0 unspecified atom stereocenters. The van der Waals surface area contributed by atoms with Crippen LogP contribution in [-0.2, 0) is 0 Å². The summed E-state index contributed by atoms with van der Waals surface area (Å²) in [5, 5.41) is 1.70. The highest BCUT2D eigenvalue weighted by Crippen LogP contribution is 2.29. The highest BCUT2D eigenvalue weighted by molar-refractivity contribution is 5.86. The van der Waals surface area contributed by atoms with Gasteiger partial charge in [0.2, 0.25) is 11.8 Å². The molecule has 0 amide bonds. The molecular weight excluding hydrogens is 264 g/mol. The summed E-state index contributed by atoms with van der Waals surface area (Å²) in [5.74, 6) is 0.980. The molecule has 2 aromatic heterocycles. The summed E-state index contributed by atoms with van der Waals surface area (Å²) in [4.78, 5) is 16.9. The lowest BCUT2D eigenvalue weighted by atomic mass is 10.2.